The van der Waals surface area contributed by atoms with Crippen molar-refractivity contribution in [3.05, 3.63) is 13.8 Å². The molecular formula is C16H28Y-2. The standard InChI is InChI=1S/C14H23.C2H5.Y/c1-9-6-13-7-11-4-3-5-12(11)8-14(13)10(9)2;1-2;/h9-14H,2-8H2,1H3;1H2,2H3;/q2*-1;. The van der Waals surface area contributed by atoms with Gasteiger partial charge in [0.15, 0.2) is 0 Å². The zero-order chi connectivity index (χ0) is 11.7. The van der Waals surface area contributed by atoms with Crippen molar-refractivity contribution in [3.8, 4) is 0 Å². The second-order valence-electron chi connectivity index (χ2n) is 6.22. The first kappa shape index (κ1) is 16.2. The fourth-order valence-electron chi connectivity index (χ4n) is 4.71. The molecular weight excluding hydrogens is 281 g/mol. The minimum atomic E-state index is 0. The van der Waals surface area contributed by atoms with E-state index in [0.29, 0.717) is 0 Å². The predicted molar refractivity (Wildman–Crippen MR) is 70.7 cm³/mol. The van der Waals surface area contributed by atoms with Crippen LogP contribution < -0.4 is 0 Å². The third kappa shape index (κ3) is 3.17. The van der Waals surface area contributed by atoms with Crippen LogP contribution in [0.2, 0.25) is 0 Å². The molecule has 17 heavy (non-hydrogen) atoms. The quantitative estimate of drug-likeness (QED) is 0.566. The molecule has 0 bridgehead atoms. The van der Waals surface area contributed by atoms with E-state index in [9.17, 15) is 0 Å². The summed E-state index contributed by atoms with van der Waals surface area (Å²) in [6, 6.07) is 0. The average molecular weight is 309 g/mol. The van der Waals surface area contributed by atoms with Crippen molar-refractivity contribution in [2.75, 3.05) is 0 Å². The van der Waals surface area contributed by atoms with E-state index in [4.69, 9.17) is 0 Å². The molecule has 0 nitrogen and oxygen atoms in total. The first-order valence-corrected chi connectivity index (χ1v) is 7.29. The zero-order valence-corrected chi connectivity index (χ0v) is 14.5. The van der Waals surface area contributed by atoms with Crippen molar-refractivity contribution in [1.29, 1.82) is 0 Å². The van der Waals surface area contributed by atoms with Gasteiger partial charge in [-0.3, -0.25) is 0 Å². The molecule has 97 valence electrons. The van der Waals surface area contributed by atoms with Crippen LogP contribution in [-0.4, -0.2) is 0 Å². The Bertz CT molecular complexity index is 226. The summed E-state index contributed by atoms with van der Waals surface area (Å²) in [4.78, 5) is 0. The summed E-state index contributed by atoms with van der Waals surface area (Å²) in [5.41, 5.74) is 0. The van der Waals surface area contributed by atoms with Crippen molar-refractivity contribution >= 4 is 0 Å². The van der Waals surface area contributed by atoms with E-state index < -0.39 is 0 Å². The van der Waals surface area contributed by atoms with E-state index in [2.05, 4.69) is 20.8 Å². The van der Waals surface area contributed by atoms with Crippen molar-refractivity contribution < 1.29 is 32.7 Å². The van der Waals surface area contributed by atoms with E-state index in [1.54, 1.807) is 19.8 Å². The monoisotopic (exact) mass is 309 g/mol. The topological polar surface area (TPSA) is 0 Å². The minimum Gasteiger partial charge on any atom is -0.346 e. The van der Waals surface area contributed by atoms with Gasteiger partial charge in [0.1, 0.15) is 0 Å². The van der Waals surface area contributed by atoms with Crippen molar-refractivity contribution in [3.63, 3.8) is 0 Å². The Labute approximate surface area is 134 Å². The molecule has 0 saturated heterocycles. The summed E-state index contributed by atoms with van der Waals surface area (Å²) in [6.45, 7) is 11.8. The summed E-state index contributed by atoms with van der Waals surface area (Å²) in [5.74, 6) is 5.97. The second-order valence-corrected chi connectivity index (χ2v) is 6.22. The molecule has 0 aromatic carbocycles. The largest absolute Gasteiger partial charge is 0.346 e. The molecule has 3 saturated carbocycles. The van der Waals surface area contributed by atoms with Gasteiger partial charge in [0.05, 0.1) is 0 Å². The molecule has 3 aliphatic rings. The van der Waals surface area contributed by atoms with Crippen LogP contribution in [0.3, 0.4) is 0 Å². The Balaban J connectivity index is 0.000000459. The molecule has 1 radical (unpaired) electrons. The third-order valence-electron chi connectivity index (χ3n) is 5.56. The summed E-state index contributed by atoms with van der Waals surface area (Å²) in [7, 11) is 0. The van der Waals surface area contributed by atoms with E-state index in [1.165, 1.54) is 25.7 Å². The van der Waals surface area contributed by atoms with Gasteiger partial charge >= 0.3 is 0 Å². The van der Waals surface area contributed by atoms with E-state index in [1.807, 2.05) is 0 Å². The van der Waals surface area contributed by atoms with Crippen LogP contribution in [0.5, 0.6) is 0 Å². The molecule has 0 aromatic rings. The molecule has 6 atom stereocenters. The Morgan fingerprint density at radius 2 is 1.47 bits per heavy atom. The fraction of sp³-hybridized carbons (Fsp3) is 0.875. The van der Waals surface area contributed by atoms with Gasteiger partial charge in [-0.2, -0.15) is 12.8 Å². The molecule has 6 unspecified atom stereocenters. The Kier molecular flexibility index (Phi) is 6.69. The van der Waals surface area contributed by atoms with E-state index >= 15 is 0 Å². The normalized spacial score (nSPS) is 47.3. The van der Waals surface area contributed by atoms with E-state index in [-0.39, 0.29) is 32.7 Å². The van der Waals surface area contributed by atoms with Gasteiger partial charge in [-0.05, 0) is 37.0 Å². The number of rotatable bonds is 0. The maximum atomic E-state index is 4.42. The number of hydrogen-bond acceptors (Lipinski definition) is 0. The molecule has 3 fully saturated rings. The van der Waals surface area contributed by atoms with Gasteiger partial charge in [0, 0.05) is 32.7 Å². The second kappa shape index (κ2) is 7.04. The molecule has 0 aliphatic heterocycles. The smallest absolute Gasteiger partial charge is 0 e. The molecule has 3 aliphatic carbocycles. The first-order valence-electron chi connectivity index (χ1n) is 7.29. The molecule has 0 aromatic heterocycles. The van der Waals surface area contributed by atoms with Gasteiger partial charge in [0.25, 0.3) is 0 Å². The zero-order valence-electron chi connectivity index (χ0n) is 11.7. The number of fused-ring (bicyclic) bond motifs is 2. The maximum absolute atomic E-state index is 4.42. The van der Waals surface area contributed by atoms with Crippen LogP contribution in [0, 0.1) is 49.4 Å². The predicted octanol–water partition coefficient (Wildman–Crippen LogP) is 4.76. The molecule has 1 heteroatoms. The van der Waals surface area contributed by atoms with Crippen molar-refractivity contribution in [1.82, 2.24) is 0 Å². The Morgan fingerprint density at radius 1 is 0.882 bits per heavy atom. The van der Waals surface area contributed by atoms with E-state index in [0.717, 1.165) is 35.5 Å². The first-order chi connectivity index (χ1) is 7.75. The molecule has 0 amide bonds. The summed E-state index contributed by atoms with van der Waals surface area (Å²) >= 11 is 0. The molecule has 0 N–H and O–H groups in total. The maximum Gasteiger partial charge on any atom is 0 e. The van der Waals surface area contributed by atoms with Gasteiger partial charge < -0.3 is 13.8 Å². The van der Waals surface area contributed by atoms with Gasteiger partial charge in [0.2, 0.25) is 0 Å². The summed E-state index contributed by atoms with van der Waals surface area (Å²) in [5, 5.41) is 0. The minimum absolute atomic E-state index is 0. The van der Waals surface area contributed by atoms with Crippen molar-refractivity contribution in [2.24, 2.45) is 35.5 Å². The van der Waals surface area contributed by atoms with Crippen LogP contribution in [0.15, 0.2) is 0 Å². The van der Waals surface area contributed by atoms with Crippen LogP contribution in [0.25, 0.3) is 0 Å². The number of hydrogen-bond donors (Lipinski definition) is 0. The van der Waals surface area contributed by atoms with Gasteiger partial charge in [-0.1, -0.05) is 38.0 Å². The fourth-order valence-corrected chi connectivity index (χ4v) is 4.71. The van der Waals surface area contributed by atoms with Crippen LogP contribution >= 0.6 is 0 Å². The Morgan fingerprint density at radius 3 is 2.12 bits per heavy atom. The molecule has 3 rings (SSSR count). The van der Waals surface area contributed by atoms with Crippen molar-refractivity contribution in [2.45, 2.75) is 52.4 Å². The molecule has 0 spiro atoms. The van der Waals surface area contributed by atoms with Crippen LogP contribution in [0.4, 0.5) is 0 Å². The van der Waals surface area contributed by atoms with Gasteiger partial charge in [-0.15, -0.1) is 0 Å². The third-order valence-corrected chi connectivity index (χ3v) is 5.56. The van der Waals surface area contributed by atoms with Crippen LogP contribution in [-0.2, 0) is 32.7 Å². The van der Waals surface area contributed by atoms with Crippen LogP contribution in [0.1, 0.15) is 52.4 Å². The summed E-state index contributed by atoms with van der Waals surface area (Å²) in [6.07, 6.45) is 9.19. The summed E-state index contributed by atoms with van der Waals surface area (Å²) < 4.78 is 0. The molecule has 0 heterocycles. The SMILES string of the molecule is [CH2-]C.[CH2-]C1C(C)CC2CC3CCCC3CC21.[Y]. The Hall–Kier alpha value is 1.10. The average Bonchev–Trinajstić information content (AvgIpc) is 2.86. The van der Waals surface area contributed by atoms with Gasteiger partial charge in [-0.25, -0.2) is 0 Å².